The molecular weight excluding hydrogens is 386 g/mol. The summed E-state index contributed by atoms with van der Waals surface area (Å²) in [6, 6.07) is 13.9. The number of carbonyl (C=O) groups excluding carboxylic acids is 3. The maximum atomic E-state index is 13.5. The highest BCUT2D eigenvalue weighted by Crippen LogP contribution is 2.42. The van der Waals surface area contributed by atoms with E-state index in [1.807, 2.05) is 56.3 Å². The van der Waals surface area contributed by atoms with E-state index in [0.717, 1.165) is 11.1 Å². The first-order valence-electron chi connectivity index (χ1n) is 9.22. The number of carbonyl (C=O) groups is 3. The van der Waals surface area contributed by atoms with Crippen molar-refractivity contribution in [1.29, 1.82) is 0 Å². The van der Waals surface area contributed by atoms with E-state index in [1.165, 1.54) is 16.2 Å². The maximum absolute atomic E-state index is 13.5. The normalized spacial score (nSPS) is 19.1. The number of hydrogen-bond acceptors (Lipinski definition) is 6. The lowest BCUT2D eigenvalue weighted by Crippen LogP contribution is -2.30. The van der Waals surface area contributed by atoms with Gasteiger partial charge in [-0.2, -0.15) is 0 Å². The van der Waals surface area contributed by atoms with Crippen LogP contribution in [-0.2, 0) is 9.59 Å². The van der Waals surface area contributed by atoms with Crippen molar-refractivity contribution in [3.05, 3.63) is 75.8 Å². The largest absolute Gasteiger partial charge is 0.297 e. The highest BCUT2D eigenvalue weighted by molar-refractivity contribution is 7.15. The fourth-order valence-electron chi connectivity index (χ4n) is 3.68. The molecule has 1 aliphatic heterocycles. The summed E-state index contributed by atoms with van der Waals surface area (Å²) in [4.78, 5) is 40.8. The predicted octanol–water partition coefficient (Wildman–Crippen LogP) is 3.62. The van der Waals surface area contributed by atoms with Crippen molar-refractivity contribution >= 4 is 33.9 Å². The lowest BCUT2D eigenvalue weighted by atomic mass is 9.85. The zero-order valence-corrected chi connectivity index (χ0v) is 17.1. The summed E-state index contributed by atoms with van der Waals surface area (Å²) in [6.45, 7) is 5.50. The second-order valence-corrected chi connectivity index (χ2v) is 8.32. The molecule has 2 atom stereocenters. The molecule has 0 radical (unpaired) electrons. The Hall–Kier alpha value is -3.19. The van der Waals surface area contributed by atoms with Gasteiger partial charge < -0.3 is 0 Å². The molecule has 2 heterocycles. The lowest BCUT2D eigenvalue weighted by molar-refractivity contribution is -0.135. The Bertz CT molecular complexity index is 1120. The molecule has 2 unspecified atom stereocenters. The van der Waals surface area contributed by atoms with Crippen LogP contribution in [0, 0.1) is 26.7 Å². The number of hydrogen-bond donors (Lipinski definition) is 0. The lowest BCUT2D eigenvalue weighted by Gasteiger charge is -2.25. The third-order valence-corrected chi connectivity index (χ3v) is 5.95. The van der Waals surface area contributed by atoms with Crippen molar-refractivity contribution in [3.8, 4) is 0 Å². The Kier molecular flexibility index (Phi) is 4.84. The van der Waals surface area contributed by atoms with Crippen molar-refractivity contribution in [2.24, 2.45) is 5.92 Å². The molecule has 1 aliphatic rings. The SMILES string of the molecule is Cc1ccc(C)c(C(=O)C2C(=O)C(=O)N(c3nnc(C)s3)C2c2ccccc2)c1. The number of aromatic nitrogens is 2. The van der Waals surface area contributed by atoms with Gasteiger partial charge in [0.25, 0.3) is 5.91 Å². The van der Waals surface area contributed by atoms with Crippen molar-refractivity contribution in [2.75, 3.05) is 4.90 Å². The summed E-state index contributed by atoms with van der Waals surface area (Å²) in [6.07, 6.45) is 0. The van der Waals surface area contributed by atoms with Gasteiger partial charge in [0.1, 0.15) is 10.9 Å². The van der Waals surface area contributed by atoms with Crippen LogP contribution in [0.1, 0.15) is 38.1 Å². The van der Waals surface area contributed by atoms with Gasteiger partial charge in [0.2, 0.25) is 10.9 Å². The van der Waals surface area contributed by atoms with E-state index in [-0.39, 0.29) is 5.78 Å². The van der Waals surface area contributed by atoms with Crippen molar-refractivity contribution < 1.29 is 14.4 Å². The summed E-state index contributed by atoms with van der Waals surface area (Å²) >= 11 is 1.22. The number of aryl methyl sites for hydroxylation is 3. The van der Waals surface area contributed by atoms with Crippen LogP contribution >= 0.6 is 11.3 Å². The highest BCUT2D eigenvalue weighted by Gasteiger charge is 2.53. The Morgan fingerprint density at radius 3 is 2.38 bits per heavy atom. The summed E-state index contributed by atoms with van der Waals surface area (Å²) in [7, 11) is 0. The highest BCUT2D eigenvalue weighted by atomic mass is 32.1. The van der Waals surface area contributed by atoms with Gasteiger partial charge in [0, 0.05) is 5.56 Å². The molecule has 146 valence electrons. The molecule has 3 aromatic rings. The molecule has 0 spiro atoms. The first kappa shape index (κ1) is 19.1. The minimum atomic E-state index is -1.13. The van der Waals surface area contributed by atoms with E-state index in [2.05, 4.69) is 10.2 Å². The number of anilines is 1. The number of ketones is 2. The standard InChI is InChI=1S/C22H19N3O3S/c1-12-9-10-13(2)16(11-12)19(26)17-18(15-7-5-4-6-8-15)25(21(28)20(17)27)22-24-23-14(3)29-22/h4-11,17-18H,1-3H3. The van der Waals surface area contributed by atoms with Gasteiger partial charge >= 0.3 is 0 Å². The smallest absolute Gasteiger partial charge is 0.293 e. The topological polar surface area (TPSA) is 80.2 Å². The van der Waals surface area contributed by atoms with E-state index in [4.69, 9.17) is 0 Å². The number of Topliss-reactive ketones (excluding diaryl/α,β-unsaturated/α-hetero) is 2. The van der Waals surface area contributed by atoms with Gasteiger partial charge in [-0.15, -0.1) is 10.2 Å². The fourth-order valence-corrected chi connectivity index (χ4v) is 4.41. The van der Waals surface area contributed by atoms with Crippen LogP contribution in [0.25, 0.3) is 0 Å². The molecule has 1 amide bonds. The Morgan fingerprint density at radius 1 is 1.00 bits per heavy atom. The first-order valence-corrected chi connectivity index (χ1v) is 10.0. The average Bonchev–Trinajstić information content (AvgIpc) is 3.25. The molecule has 7 heteroatoms. The van der Waals surface area contributed by atoms with Gasteiger partial charge in [-0.1, -0.05) is 59.4 Å². The fraction of sp³-hybridized carbons (Fsp3) is 0.227. The summed E-state index contributed by atoms with van der Waals surface area (Å²) in [5.41, 5.74) is 2.87. The van der Waals surface area contributed by atoms with Gasteiger partial charge in [-0.25, -0.2) is 0 Å². The van der Waals surface area contributed by atoms with Crippen molar-refractivity contribution in [1.82, 2.24) is 10.2 Å². The summed E-state index contributed by atoms with van der Waals surface area (Å²) in [5, 5.41) is 9.05. The second-order valence-electron chi connectivity index (χ2n) is 7.16. The average molecular weight is 405 g/mol. The van der Waals surface area contributed by atoms with Crippen LogP contribution in [0.2, 0.25) is 0 Å². The number of benzene rings is 2. The van der Waals surface area contributed by atoms with Crippen LogP contribution in [0.5, 0.6) is 0 Å². The van der Waals surface area contributed by atoms with E-state index >= 15 is 0 Å². The predicted molar refractivity (Wildman–Crippen MR) is 110 cm³/mol. The first-order chi connectivity index (χ1) is 13.9. The molecule has 1 aromatic heterocycles. The van der Waals surface area contributed by atoms with E-state index in [0.29, 0.717) is 21.3 Å². The van der Waals surface area contributed by atoms with Gasteiger partial charge in [-0.3, -0.25) is 19.3 Å². The Labute approximate surface area is 172 Å². The van der Waals surface area contributed by atoms with Crippen LogP contribution in [0.4, 0.5) is 5.13 Å². The van der Waals surface area contributed by atoms with E-state index < -0.39 is 23.7 Å². The van der Waals surface area contributed by atoms with E-state index in [1.54, 1.807) is 13.0 Å². The number of rotatable bonds is 4. The molecule has 0 N–H and O–H groups in total. The quantitative estimate of drug-likeness (QED) is 0.376. The molecule has 0 aliphatic carbocycles. The molecule has 1 saturated heterocycles. The molecule has 4 rings (SSSR count). The van der Waals surface area contributed by atoms with Crippen LogP contribution in [0.3, 0.4) is 0 Å². The van der Waals surface area contributed by atoms with Gasteiger partial charge in [0.15, 0.2) is 5.78 Å². The monoisotopic (exact) mass is 405 g/mol. The maximum Gasteiger partial charge on any atom is 0.297 e. The molecule has 2 aromatic carbocycles. The van der Waals surface area contributed by atoms with Crippen LogP contribution < -0.4 is 4.90 Å². The second kappa shape index (κ2) is 7.33. The van der Waals surface area contributed by atoms with Gasteiger partial charge in [0.05, 0.1) is 6.04 Å². The minimum absolute atomic E-state index is 0.325. The van der Waals surface area contributed by atoms with Crippen LogP contribution in [-0.4, -0.2) is 27.7 Å². The van der Waals surface area contributed by atoms with Gasteiger partial charge in [-0.05, 0) is 38.0 Å². The number of nitrogens with zero attached hydrogens (tertiary/aromatic N) is 3. The van der Waals surface area contributed by atoms with E-state index in [9.17, 15) is 14.4 Å². The third-order valence-electron chi connectivity index (χ3n) is 5.11. The van der Waals surface area contributed by atoms with Crippen LogP contribution in [0.15, 0.2) is 48.5 Å². The molecule has 0 saturated carbocycles. The number of amides is 1. The minimum Gasteiger partial charge on any atom is -0.293 e. The molecular formula is C22H19N3O3S. The summed E-state index contributed by atoms with van der Waals surface area (Å²) in [5.74, 6) is -2.91. The Morgan fingerprint density at radius 2 is 1.72 bits per heavy atom. The zero-order valence-electron chi connectivity index (χ0n) is 16.2. The third kappa shape index (κ3) is 3.27. The summed E-state index contributed by atoms with van der Waals surface area (Å²) < 4.78 is 0. The molecule has 6 nitrogen and oxygen atoms in total. The Balaban J connectivity index is 1.87. The molecule has 1 fully saturated rings. The van der Waals surface area contributed by atoms with Crippen molar-refractivity contribution in [2.45, 2.75) is 26.8 Å². The molecule has 0 bridgehead atoms. The zero-order chi connectivity index (χ0) is 20.7. The molecule has 29 heavy (non-hydrogen) atoms. The van der Waals surface area contributed by atoms with Crippen molar-refractivity contribution in [3.63, 3.8) is 0 Å².